The highest BCUT2D eigenvalue weighted by atomic mass is 19.4. The van der Waals surface area contributed by atoms with E-state index >= 15 is 0 Å². The van der Waals surface area contributed by atoms with Gasteiger partial charge >= 0.3 is 12.1 Å². The Balaban J connectivity index is 0.000000448. The number of nitrogens with one attached hydrogen (secondary N) is 1. The summed E-state index contributed by atoms with van der Waals surface area (Å²) in [6, 6.07) is 6.82. The number of amides is 1. The molecule has 210 valence electrons. The van der Waals surface area contributed by atoms with E-state index in [1.807, 2.05) is 25.1 Å². The van der Waals surface area contributed by atoms with Crippen LogP contribution in [0, 0.1) is 11.6 Å². The molecule has 1 amide bonds. The predicted octanol–water partition coefficient (Wildman–Crippen LogP) is 3.44. The Morgan fingerprint density at radius 3 is 2.41 bits per heavy atom. The second-order valence-corrected chi connectivity index (χ2v) is 9.83. The predicted molar refractivity (Wildman–Crippen MR) is 133 cm³/mol. The van der Waals surface area contributed by atoms with Crippen LogP contribution in [-0.4, -0.2) is 79.3 Å². The van der Waals surface area contributed by atoms with E-state index in [9.17, 15) is 26.7 Å². The fraction of sp³-hybridized carbons (Fsp3) is 0.400. The van der Waals surface area contributed by atoms with E-state index in [1.165, 1.54) is 12.1 Å². The molecule has 2 aromatic rings. The first-order chi connectivity index (χ1) is 18.1. The third kappa shape index (κ3) is 5.33. The van der Waals surface area contributed by atoms with Crippen LogP contribution in [0.5, 0.6) is 5.75 Å². The number of carboxylic acids is 1. The minimum Gasteiger partial charge on any atom is -0.483 e. The molecule has 14 heteroatoms. The monoisotopic (exact) mass is 555 g/mol. The molecule has 1 fully saturated rings. The molecular formula is C25H26F5N5O4. The highest BCUT2D eigenvalue weighted by molar-refractivity contribution is 6.10. The van der Waals surface area contributed by atoms with E-state index in [2.05, 4.69) is 27.3 Å². The van der Waals surface area contributed by atoms with Gasteiger partial charge in [-0.15, -0.1) is 0 Å². The number of rotatable bonds is 3. The summed E-state index contributed by atoms with van der Waals surface area (Å²) in [5.74, 6) is -3.10. The number of amidine groups is 1. The van der Waals surface area contributed by atoms with E-state index < -0.39 is 29.8 Å². The number of hydrazone groups is 1. The van der Waals surface area contributed by atoms with Crippen LogP contribution in [0.3, 0.4) is 0 Å². The number of aliphatic carboxylic acids is 1. The first-order valence-corrected chi connectivity index (χ1v) is 11.8. The number of carbonyl (C=O) groups excluding carboxylic acids is 1. The number of ether oxygens (including phenoxy) is 1. The summed E-state index contributed by atoms with van der Waals surface area (Å²) in [5.41, 5.74) is 4.73. The van der Waals surface area contributed by atoms with Crippen molar-refractivity contribution in [3.8, 4) is 16.9 Å². The number of likely N-dealkylation sites (tertiary alicyclic amines) is 1. The molecule has 3 aliphatic rings. The number of nitrogens with zero attached hydrogens (tertiary/aromatic N) is 4. The van der Waals surface area contributed by atoms with Gasteiger partial charge in [-0.05, 0) is 45.2 Å². The molecule has 2 N–H and O–H groups in total. The second kappa shape index (κ2) is 9.98. The molecule has 0 unspecified atom stereocenters. The molecule has 5 rings (SSSR count). The molecule has 3 heterocycles. The molecule has 0 saturated carbocycles. The summed E-state index contributed by atoms with van der Waals surface area (Å²) >= 11 is 0. The van der Waals surface area contributed by atoms with Gasteiger partial charge in [-0.3, -0.25) is 4.79 Å². The van der Waals surface area contributed by atoms with Crippen molar-refractivity contribution in [1.82, 2.24) is 10.3 Å². The van der Waals surface area contributed by atoms with E-state index in [-0.39, 0.29) is 18.1 Å². The number of hydrogen-bond donors (Lipinski definition) is 2. The van der Waals surface area contributed by atoms with Gasteiger partial charge < -0.3 is 24.5 Å². The van der Waals surface area contributed by atoms with E-state index in [0.29, 0.717) is 28.4 Å². The second-order valence-electron chi connectivity index (χ2n) is 9.83. The molecular weight excluding hydrogens is 529 g/mol. The maximum absolute atomic E-state index is 14.9. The summed E-state index contributed by atoms with van der Waals surface area (Å²) in [6.45, 7) is 5.83. The maximum Gasteiger partial charge on any atom is 0.490 e. The summed E-state index contributed by atoms with van der Waals surface area (Å²) in [4.78, 5) is 27.4. The molecule has 9 nitrogen and oxygen atoms in total. The number of fused-ring (bicyclic) bond motifs is 3. The van der Waals surface area contributed by atoms with Crippen molar-refractivity contribution < 1.29 is 41.4 Å². The Morgan fingerprint density at radius 2 is 1.85 bits per heavy atom. The average molecular weight is 556 g/mol. The number of hydrogen-bond acceptors (Lipinski definition) is 7. The van der Waals surface area contributed by atoms with Gasteiger partial charge in [-0.1, -0.05) is 0 Å². The number of carboxylic acid groups (broad SMARTS) is 1. The molecule has 1 saturated heterocycles. The van der Waals surface area contributed by atoms with Gasteiger partial charge in [0.05, 0.1) is 11.2 Å². The lowest BCUT2D eigenvalue weighted by atomic mass is 9.89. The zero-order chi connectivity index (χ0) is 28.9. The Morgan fingerprint density at radius 1 is 1.21 bits per heavy atom. The normalized spacial score (nSPS) is 19.7. The van der Waals surface area contributed by atoms with Gasteiger partial charge in [0.2, 0.25) is 0 Å². The van der Waals surface area contributed by atoms with Crippen LogP contribution in [0.25, 0.3) is 11.1 Å². The highest BCUT2D eigenvalue weighted by Crippen LogP contribution is 2.46. The zero-order valence-electron chi connectivity index (χ0n) is 21.4. The molecule has 0 spiro atoms. The molecule has 2 aromatic carbocycles. The van der Waals surface area contributed by atoms with Gasteiger partial charge in [-0.25, -0.2) is 19.0 Å². The number of alkyl halides is 3. The minimum atomic E-state index is -5.08. The number of likely N-dealkylation sites (N-methyl/N-ethyl adjacent to an activating group) is 2. The van der Waals surface area contributed by atoms with Gasteiger partial charge in [0.15, 0.2) is 5.84 Å². The molecule has 3 aliphatic heterocycles. The Labute approximate surface area is 220 Å². The summed E-state index contributed by atoms with van der Waals surface area (Å²) in [5, 5.41) is 11.3. The van der Waals surface area contributed by atoms with Crippen LogP contribution < -0.4 is 20.0 Å². The average Bonchev–Trinajstić information content (AvgIpc) is 2.83. The molecule has 0 radical (unpaired) electrons. The van der Waals surface area contributed by atoms with Crippen LogP contribution in [0.1, 0.15) is 13.8 Å². The van der Waals surface area contributed by atoms with Gasteiger partial charge in [-0.2, -0.15) is 18.3 Å². The largest absolute Gasteiger partial charge is 0.490 e. The fourth-order valence-corrected chi connectivity index (χ4v) is 4.88. The first kappa shape index (κ1) is 28.1. The lowest BCUT2D eigenvalue weighted by molar-refractivity contribution is -0.192. The fourth-order valence-electron chi connectivity index (χ4n) is 4.88. The Kier molecular flexibility index (Phi) is 7.19. The van der Waals surface area contributed by atoms with E-state index in [4.69, 9.17) is 14.6 Å². The number of carbonyl (C=O) groups is 2. The standard InChI is InChI=1S/C23H25F2N5O2.C2HF3O2/c1-13-22(31)27-26-21-10-32-20-8-16(15-6-5-14(24)7-17(15)25)18(9-19(20)30(13)21)29(4)23(2)11-28(3)12-23;3-2(4,5)1(6)7/h5-9,13H,10-12H2,1-4H3,(H,27,31);(H,6,7)/t13-;/m1./s1. The lowest BCUT2D eigenvalue weighted by Gasteiger charge is -2.53. The number of halogens is 5. The van der Waals surface area contributed by atoms with Crippen molar-refractivity contribution in [1.29, 1.82) is 0 Å². The third-order valence-electron chi connectivity index (χ3n) is 6.89. The van der Waals surface area contributed by atoms with Crippen molar-refractivity contribution in [2.45, 2.75) is 31.6 Å². The maximum atomic E-state index is 14.9. The Bertz CT molecular complexity index is 1340. The summed E-state index contributed by atoms with van der Waals surface area (Å²) < 4.78 is 66.1. The highest BCUT2D eigenvalue weighted by Gasteiger charge is 2.42. The van der Waals surface area contributed by atoms with E-state index in [0.717, 1.165) is 24.8 Å². The summed E-state index contributed by atoms with van der Waals surface area (Å²) in [7, 11) is 4.03. The van der Waals surface area contributed by atoms with Gasteiger partial charge in [0.1, 0.15) is 30.0 Å². The molecule has 0 bridgehead atoms. The molecule has 0 aliphatic carbocycles. The first-order valence-electron chi connectivity index (χ1n) is 11.8. The third-order valence-corrected chi connectivity index (χ3v) is 6.89. The molecule has 0 aromatic heterocycles. The topological polar surface area (TPSA) is 97.7 Å². The van der Waals surface area contributed by atoms with Gasteiger partial charge in [0.25, 0.3) is 5.91 Å². The van der Waals surface area contributed by atoms with Gasteiger partial charge in [0, 0.05) is 43.0 Å². The summed E-state index contributed by atoms with van der Waals surface area (Å²) in [6.07, 6.45) is -5.08. The van der Waals surface area contributed by atoms with Crippen LogP contribution in [-0.2, 0) is 9.59 Å². The number of anilines is 2. The van der Waals surface area contributed by atoms with E-state index in [1.54, 1.807) is 13.0 Å². The van der Waals surface area contributed by atoms with Crippen molar-refractivity contribution >= 4 is 29.1 Å². The van der Waals surface area contributed by atoms with Crippen LogP contribution in [0.4, 0.5) is 33.3 Å². The van der Waals surface area contributed by atoms with Crippen molar-refractivity contribution in [3.05, 3.63) is 42.0 Å². The van der Waals surface area contributed by atoms with Crippen molar-refractivity contribution in [3.63, 3.8) is 0 Å². The quantitative estimate of drug-likeness (QED) is 0.561. The van der Waals surface area contributed by atoms with Crippen molar-refractivity contribution in [2.75, 3.05) is 43.6 Å². The molecule has 39 heavy (non-hydrogen) atoms. The zero-order valence-corrected chi connectivity index (χ0v) is 21.4. The van der Waals surface area contributed by atoms with Crippen LogP contribution in [0.2, 0.25) is 0 Å². The van der Waals surface area contributed by atoms with Crippen molar-refractivity contribution in [2.24, 2.45) is 5.10 Å². The number of benzene rings is 2. The molecule has 1 atom stereocenters. The Hall–Kier alpha value is -3.94. The smallest absolute Gasteiger partial charge is 0.483 e. The van der Waals surface area contributed by atoms with Crippen LogP contribution >= 0.6 is 0 Å². The SMILES string of the molecule is C[C@@H]1C(=O)NN=C2COc3cc(-c4ccc(F)cc4F)c(N(C)C4(C)CN(C)C4)cc3N21.O=C(O)C(F)(F)F. The van der Waals surface area contributed by atoms with Crippen LogP contribution in [0.15, 0.2) is 35.4 Å². The lowest BCUT2D eigenvalue weighted by Crippen LogP contribution is -2.66. The minimum absolute atomic E-state index is 0.161.